The van der Waals surface area contributed by atoms with Crippen molar-refractivity contribution >= 4 is 33.7 Å². The topological polar surface area (TPSA) is 68.3 Å². The molecule has 0 atom stereocenters. The summed E-state index contributed by atoms with van der Waals surface area (Å²) in [6.45, 7) is 1.25. The van der Waals surface area contributed by atoms with Crippen molar-refractivity contribution in [2.45, 2.75) is 19.3 Å². The van der Waals surface area contributed by atoms with Gasteiger partial charge in [0.25, 0.3) is 0 Å². The Labute approximate surface area is 262 Å². The van der Waals surface area contributed by atoms with E-state index >= 15 is 0 Å². The van der Waals surface area contributed by atoms with Crippen LogP contribution in [0.5, 0.6) is 34.5 Å². The highest BCUT2D eigenvalue weighted by molar-refractivity contribution is 7.21. The molecule has 0 saturated carbocycles. The molecular weight excluding hydrogens is 574 g/mol. The molecule has 0 aliphatic rings. The highest BCUT2D eigenvalue weighted by Gasteiger charge is 2.12. The van der Waals surface area contributed by atoms with Crippen molar-refractivity contribution in [1.82, 2.24) is 4.98 Å². The van der Waals surface area contributed by atoms with Gasteiger partial charge in [-0.05, 0) is 91.1 Å². The molecule has 0 amide bonds. The van der Waals surface area contributed by atoms with Gasteiger partial charge in [0.15, 0.2) is 23.0 Å². The van der Waals surface area contributed by atoms with Crippen LogP contribution in [0.4, 0.5) is 0 Å². The fourth-order valence-corrected chi connectivity index (χ4v) is 5.71. The van der Waals surface area contributed by atoms with Crippen LogP contribution in [-0.2, 0) is 0 Å². The summed E-state index contributed by atoms with van der Waals surface area (Å²) >= 11 is 1.70. The van der Waals surface area contributed by atoms with Crippen LogP contribution in [0.25, 0.3) is 32.9 Å². The number of nitrogens with zero attached hydrogens (tertiary/aromatic N) is 1. The highest BCUT2D eigenvalue weighted by Crippen LogP contribution is 2.39. The maximum atomic E-state index is 6.10. The number of fused-ring (bicyclic) bond motifs is 1. The van der Waals surface area contributed by atoms with Crippen molar-refractivity contribution in [3.05, 3.63) is 90.0 Å². The van der Waals surface area contributed by atoms with Gasteiger partial charge < -0.3 is 28.4 Å². The number of hydrogen-bond acceptors (Lipinski definition) is 8. The van der Waals surface area contributed by atoms with Gasteiger partial charge in [0.1, 0.15) is 10.8 Å². The third-order valence-electron chi connectivity index (χ3n) is 7.05. The monoisotopic (exact) mass is 611 g/mol. The summed E-state index contributed by atoms with van der Waals surface area (Å²) in [5, 5.41) is 1.02. The van der Waals surface area contributed by atoms with Crippen molar-refractivity contribution in [2.24, 2.45) is 0 Å². The second kappa shape index (κ2) is 15.2. The van der Waals surface area contributed by atoms with Crippen LogP contribution in [0.3, 0.4) is 0 Å². The van der Waals surface area contributed by atoms with Crippen LogP contribution in [0.15, 0.2) is 78.9 Å². The molecule has 0 fully saturated rings. The molecule has 0 saturated heterocycles. The number of ether oxygens (including phenoxy) is 6. The third kappa shape index (κ3) is 7.63. The molecule has 0 bridgehead atoms. The molecule has 0 aliphatic carbocycles. The number of benzene rings is 4. The van der Waals surface area contributed by atoms with E-state index in [2.05, 4.69) is 18.2 Å². The van der Waals surface area contributed by atoms with E-state index < -0.39 is 0 Å². The van der Waals surface area contributed by atoms with Crippen molar-refractivity contribution in [2.75, 3.05) is 41.7 Å². The summed E-state index contributed by atoms with van der Waals surface area (Å²) in [7, 11) is 6.45. The summed E-state index contributed by atoms with van der Waals surface area (Å²) in [4.78, 5) is 4.74. The number of methoxy groups -OCH3 is 4. The lowest BCUT2D eigenvalue weighted by Crippen LogP contribution is -2.02. The number of aromatic nitrogens is 1. The second-order valence-electron chi connectivity index (χ2n) is 9.97. The first-order valence-corrected chi connectivity index (χ1v) is 15.3. The Morgan fingerprint density at radius 2 is 1.27 bits per heavy atom. The fourth-order valence-electron chi connectivity index (χ4n) is 4.74. The fraction of sp³-hybridized carbons (Fsp3) is 0.250. The molecule has 1 aromatic heterocycles. The Bertz CT molecular complexity index is 1640. The quantitative estimate of drug-likeness (QED) is 0.0866. The smallest absolute Gasteiger partial charge is 0.203 e. The summed E-state index contributed by atoms with van der Waals surface area (Å²) in [6.07, 6.45) is 6.85. The summed E-state index contributed by atoms with van der Waals surface area (Å²) in [5.41, 5.74) is 4.04. The predicted octanol–water partition coefficient (Wildman–Crippen LogP) is 8.80. The van der Waals surface area contributed by atoms with Gasteiger partial charge in [-0.15, -0.1) is 11.3 Å². The van der Waals surface area contributed by atoms with Crippen LogP contribution in [0.1, 0.15) is 30.4 Å². The SMILES string of the molecule is COc1ccc(/C=C\c2cc(OC)c(OC)c(OC)c2)cc1OCCCCCOc1ccc(-c2nc3ccccc3s2)cc1. The van der Waals surface area contributed by atoms with E-state index in [9.17, 15) is 0 Å². The number of thiazole rings is 1. The number of hydrogen-bond donors (Lipinski definition) is 0. The van der Waals surface area contributed by atoms with E-state index in [1.165, 1.54) is 4.70 Å². The minimum absolute atomic E-state index is 0.564. The van der Waals surface area contributed by atoms with Crippen molar-refractivity contribution in [1.29, 1.82) is 0 Å². The predicted molar refractivity (Wildman–Crippen MR) is 178 cm³/mol. The van der Waals surface area contributed by atoms with Crippen LogP contribution >= 0.6 is 11.3 Å². The Kier molecular flexibility index (Phi) is 10.6. The number of rotatable bonds is 15. The Hall–Kier alpha value is -4.69. The van der Waals surface area contributed by atoms with Crippen LogP contribution in [0, 0.1) is 0 Å². The maximum Gasteiger partial charge on any atom is 0.203 e. The molecule has 1 heterocycles. The molecule has 0 spiro atoms. The van der Waals surface area contributed by atoms with Gasteiger partial charge in [0.2, 0.25) is 5.75 Å². The molecule has 228 valence electrons. The van der Waals surface area contributed by atoms with Gasteiger partial charge in [-0.3, -0.25) is 0 Å². The third-order valence-corrected chi connectivity index (χ3v) is 8.14. The van der Waals surface area contributed by atoms with E-state index in [1.807, 2.05) is 72.8 Å². The summed E-state index contributed by atoms with van der Waals surface area (Å²) in [6, 6.07) is 26.1. The minimum Gasteiger partial charge on any atom is -0.494 e. The molecule has 5 rings (SSSR count). The molecule has 0 N–H and O–H groups in total. The van der Waals surface area contributed by atoms with Gasteiger partial charge in [0, 0.05) is 5.56 Å². The normalized spacial score (nSPS) is 11.1. The van der Waals surface area contributed by atoms with Crippen molar-refractivity contribution in [3.8, 4) is 45.1 Å². The zero-order chi connectivity index (χ0) is 30.7. The largest absolute Gasteiger partial charge is 0.494 e. The van der Waals surface area contributed by atoms with Crippen molar-refractivity contribution in [3.63, 3.8) is 0 Å². The molecule has 0 aliphatic heterocycles. The zero-order valence-corrected chi connectivity index (χ0v) is 26.3. The van der Waals surface area contributed by atoms with Gasteiger partial charge in [-0.1, -0.05) is 30.4 Å². The van der Waals surface area contributed by atoms with E-state index in [4.69, 9.17) is 33.4 Å². The lowest BCUT2D eigenvalue weighted by Gasteiger charge is -2.13. The van der Waals surface area contributed by atoms with Gasteiger partial charge in [-0.2, -0.15) is 0 Å². The van der Waals surface area contributed by atoms with Crippen LogP contribution in [-0.4, -0.2) is 46.6 Å². The molecule has 5 aromatic rings. The Balaban J connectivity index is 1.08. The first kappa shape index (κ1) is 30.8. The molecule has 44 heavy (non-hydrogen) atoms. The van der Waals surface area contributed by atoms with Gasteiger partial charge >= 0.3 is 0 Å². The standard InChI is InChI=1S/C36H37NO6S/c1-38-30-19-14-25(12-13-26-23-32(39-2)35(41-4)33(24-26)40-3)22-31(30)43-21-9-5-8-20-42-28-17-15-27(16-18-28)36-37-29-10-6-7-11-34(29)44-36/h6-7,10-19,22-24H,5,8-9,20-21H2,1-4H3/b13-12-. The molecule has 8 heteroatoms. The zero-order valence-electron chi connectivity index (χ0n) is 25.5. The lowest BCUT2D eigenvalue weighted by molar-refractivity contribution is 0.270. The lowest BCUT2D eigenvalue weighted by atomic mass is 10.1. The van der Waals surface area contributed by atoms with Crippen LogP contribution < -0.4 is 28.4 Å². The minimum atomic E-state index is 0.564. The average molecular weight is 612 g/mol. The van der Waals surface area contributed by atoms with Gasteiger partial charge in [0.05, 0.1) is 51.9 Å². The number of unbranched alkanes of at least 4 members (excludes halogenated alkanes) is 2. The summed E-state index contributed by atoms with van der Waals surface area (Å²) in [5.74, 6) is 4.06. The van der Waals surface area contributed by atoms with E-state index in [1.54, 1.807) is 39.8 Å². The first-order chi connectivity index (χ1) is 21.6. The summed E-state index contributed by atoms with van der Waals surface area (Å²) < 4.78 is 35.1. The number of para-hydroxylation sites is 1. The van der Waals surface area contributed by atoms with Crippen LogP contribution in [0.2, 0.25) is 0 Å². The maximum absolute atomic E-state index is 6.10. The molecule has 0 radical (unpaired) electrons. The van der Waals surface area contributed by atoms with Gasteiger partial charge in [-0.25, -0.2) is 4.98 Å². The Morgan fingerprint density at radius 1 is 0.614 bits per heavy atom. The average Bonchev–Trinajstić information content (AvgIpc) is 3.51. The molecule has 0 unspecified atom stereocenters. The molecular formula is C36H37NO6S. The second-order valence-corrected chi connectivity index (χ2v) is 11.0. The molecule has 7 nitrogen and oxygen atoms in total. The van der Waals surface area contributed by atoms with E-state index in [0.29, 0.717) is 42.0 Å². The first-order valence-electron chi connectivity index (χ1n) is 14.5. The van der Waals surface area contributed by atoms with E-state index in [0.717, 1.165) is 52.2 Å². The highest BCUT2D eigenvalue weighted by atomic mass is 32.1. The molecule has 4 aromatic carbocycles. The van der Waals surface area contributed by atoms with E-state index in [-0.39, 0.29) is 0 Å². The van der Waals surface area contributed by atoms with Crippen molar-refractivity contribution < 1.29 is 28.4 Å². The Morgan fingerprint density at radius 3 is 1.95 bits per heavy atom.